The Hall–Kier alpha value is -2.86. The summed E-state index contributed by atoms with van der Waals surface area (Å²) < 4.78 is 5.03. The lowest BCUT2D eigenvalue weighted by Crippen LogP contribution is -2.53. The van der Waals surface area contributed by atoms with Crippen LogP contribution in [0.5, 0.6) is 0 Å². The molecule has 0 radical (unpaired) electrons. The fourth-order valence-corrected chi connectivity index (χ4v) is 4.24. The third-order valence-corrected chi connectivity index (χ3v) is 5.98. The van der Waals surface area contributed by atoms with E-state index in [1.54, 1.807) is 11.0 Å². The molecule has 0 spiro atoms. The van der Waals surface area contributed by atoms with Gasteiger partial charge >= 0.3 is 0 Å². The minimum absolute atomic E-state index is 0.0451. The van der Waals surface area contributed by atoms with Crippen LogP contribution in [0.25, 0.3) is 6.08 Å². The number of furan rings is 1. The number of benzene rings is 1. The van der Waals surface area contributed by atoms with Gasteiger partial charge in [0.05, 0.1) is 17.7 Å². The number of hydrogen-bond acceptors (Lipinski definition) is 4. The van der Waals surface area contributed by atoms with Crippen molar-refractivity contribution >= 4 is 17.9 Å². The second-order valence-corrected chi connectivity index (χ2v) is 8.04. The molecule has 2 aliphatic heterocycles. The van der Waals surface area contributed by atoms with Crippen LogP contribution in [0.2, 0.25) is 0 Å². The molecule has 2 fully saturated rings. The van der Waals surface area contributed by atoms with E-state index in [0.717, 1.165) is 45.6 Å². The molecule has 30 heavy (non-hydrogen) atoms. The number of piperidine rings is 1. The van der Waals surface area contributed by atoms with E-state index in [9.17, 15) is 9.59 Å². The van der Waals surface area contributed by atoms with Gasteiger partial charge in [-0.25, -0.2) is 0 Å². The average Bonchev–Trinajstić information content (AvgIpc) is 3.34. The molecular weight excluding hydrogens is 378 g/mol. The zero-order valence-corrected chi connectivity index (χ0v) is 17.3. The van der Waals surface area contributed by atoms with Gasteiger partial charge in [0.25, 0.3) is 5.91 Å². The van der Waals surface area contributed by atoms with E-state index in [1.807, 2.05) is 23.1 Å². The zero-order valence-electron chi connectivity index (χ0n) is 17.3. The van der Waals surface area contributed by atoms with Crippen molar-refractivity contribution in [3.05, 3.63) is 66.1 Å². The van der Waals surface area contributed by atoms with Crippen LogP contribution in [0.3, 0.4) is 0 Å². The van der Waals surface area contributed by atoms with Crippen LogP contribution in [0, 0.1) is 5.92 Å². The summed E-state index contributed by atoms with van der Waals surface area (Å²) in [6, 6.07) is 12.0. The van der Waals surface area contributed by atoms with Gasteiger partial charge in [-0.05, 0) is 24.5 Å². The molecule has 1 unspecified atom stereocenters. The normalized spacial score (nSPS) is 20.6. The molecule has 2 saturated heterocycles. The highest BCUT2D eigenvalue weighted by molar-refractivity contribution is 5.94. The topological polar surface area (TPSA) is 57.0 Å². The Labute approximate surface area is 177 Å². The highest BCUT2D eigenvalue weighted by Crippen LogP contribution is 2.21. The molecule has 0 bridgehead atoms. The molecule has 1 aromatic carbocycles. The smallest absolute Gasteiger partial charge is 0.257 e. The summed E-state index contributed by atoms with van der Waals surface area (Å²) >= 11 is 0. The molecule has 158 valence electrons. The molecule has 2 aliphatic rings. The number of carbonyl (C=O) groups is 2. The summed E-state index contributed by atoms with van der Waals surface area (Å²) in [7, 11) is 0. The van der Waals surface area contributed by atoms with Gasteiger partial charge in [-0.15, -0.1) is 0 Å². The van der Waals surface area contributed by atoms with Crippen molar-refractivity contribution in [1.82, 2.24) is 14.7 Å². The van der Waals surface area contributed by atoms with Crippen molar-refractivity contribution in [1.29, 1.82) is 0 Å². The molecule has 4 rings (SSSR count). The molecule has 1 aromatic heterocycles. The van der Waals surface area contributed by atoms with E-state index < -0.39 is 0 Å². The first kappa shape index (κ1) is 20.4. The van der Waals surface area contributed by atoms with E-state index >= 15 is 0 Å². The van der Waals surface area contributed by atoms with E-state index in [4.69, 9.17) is 4.42 Å². The summed E-state index contributed by atoms with van der Waals surface area (Å²) in [6.45, 7) is 5.38. The molecule has 0 saturated carbocycles. The fourth-order valence-electron chi connectivity index (χ4n) is 4.24. The predicted molar refractivity (Wildman–Crippen MR) is 116 cm³/mol. The number of amides is 2. The average molecular weight is 408 g/mol. The molecule has 0 N–H and O–H groups in total. The fraction of sp³-hybridized carbons (Fsp3) is 0.417. The number of carbonyl (C=O) groups excluding carboxylic acids is 2. The lowest BCUT2D eigenvalue weighted by Gasteiger charge is -2.38. The van der Waals surface area contributed by atoms with Gasteiger partial charge in [-0.2, -0.15) is 0 Å². The minimum atomic E-state index is -0.0980. The summed E-state index contributed by atoms with van der Waals surface area (Å²) in [5.74, 6) is 0.0505. The van der Waals surface area contributed by atoms with Crippen molar-refractivity contribution in [2.24, 2.45) is 5.92 Å². The quantitative estimate of drug-likeness (QED) is 0.765. The maximum absolute atomic E-state index is 13.1. The third-order valence-electron chi connectivity index (χ3n) is 5.98. The summed E-state index contributed by atoms with van der Waals surface area (Å²) in [4.78, 5) is 31.8. The van der Waals surface area contributed by atoms with Crippen LogP contribution in [-0.2, 0) is 4.79 Å². The first-order chi connectivity index (χ1) is 14.7. The third kappa shape index (κ3) is 5.00. The van der Waals surface area contributed by atoms with Gasteiger partial charge in [0.2, 0.25) is 5.91 Å². The number of nitrogens with zero attached hydrogens (tertiary/aromatic N) is 3. The second kappa shape index (κ2) is 9.76. The Kier molecular flexibility index (Phi) is 6.64. The number of piperazine rings is 1. The standard InChI is InChI=1S/C24H29N3O3/c28-23(21-9-5-12-27(18-21)24(29)22-10-17-30-19-22)26-15-13-25(14-16-26)11-4-8-20-6-2-1-3-7-20/h1-4,6-8,10,17,19,21H,5,9,11-16,18H2/b8-4+. The predicted octanol–water partition coefficient (Wildman–Crippen LogP) is 2.99. The molecule has 0 aliphatic carbocycles. The van der Waals surface area contributed by atoms with Gasteiger partial charge in [0.1, 0.15) is 6.26 Å². The van der Waals surface area contributed by atoms with Crippen molar-refractivity contribution in [2.45, 2.75) is 12.8 Å². The Bertz CT molecular complexity index is 855. The zero-order chi connectivity index (χ0) is 20.8. The Balaban J connectivity index is 1.24. The molecule has 1 atom stereocenters. The summed E-state index contributed by atoms with van der Waals surface area (Å²) in [6.07, 6.45) is 9.03. The van der Waals surface area contributed by atoms with Gasteiger partial charge in [0.15, 0.2) is 0 Å². The summed E-state index contributed by atoms with van der Waals surface area (Å²) in [5, 5.41) is 0. The maximum atomic E-state index is 13.1. The van der Waals surface area contributed by atoms with Crippen LogP contribution in [0.1, 0.15) is 28.8 Å². The number of likely N-dealkylation sites (tertiary alicyclic amines) is 1. The number of hydrogen-bond donors (Lipinski definition) is 0. The Morgan fingerprint density at radius 3 is 2.53 bits per heavy atom. The lowest BCUT2D eigenvalue weighted by atomic mass is 9.95. The lowest BCUT2D eigenvalue weighted by molar-refractivity contribution is -0.138. The number of rotatable bonds is 5. The van der Waals surface area contributed by atoms with Crippen molar-refractivity contribution < 1.29 is 14.0 Å². The maximum Gasteiger partial charge on any atom is 0.257 e. The molecule has 2 aromatic rings. The van der Waals surface area contributed by atoms with Crippen LogP contribution in [0.15, 0.2) is 59.4 Å². The van der Waals surface area contributed by atoms with Gasteiger partial charge < -0.3 is 14.2 Å². The molecular formula is C24H29N3O3. The van der Waals surface area contributed by atoms with Crippen molar-refractivity contribution in [2.75, 3.05) is 45.8 Å². The minimum Gasteiger partial charge on any atom is -0.472 e. The van der Waals surface area contributed by atoms with Gasteiger partial charge in [-0.1, -0.05) is 42.5 Å². The summed E-state index contributed by atoms with van der Waals surface area (Å²) in [5.41, 5.74) is 1.76. The Morgan fingerprint density at radius 2 is 1.80 bits per heavy atom. The van der Waals surface area contributed by atoms with E-state index in [2.05, 4.69) is 29.2 Å². The van der Waals surface area contributed by atoms with Crippen LogP contribution in [-0.4, -0.2) is 72.3 Å². The highest BCUT2D eigenvalue weighted by Gasteiger charge is 2.32. The van der Waals surface area contributed by atoms with E-state index in [-0.39, 0.29) is 17.7 Å². The monoisotopic (exact) mass is 407 g/mol. The highest BCUT2D eigenvalue weighted by atomic mass is 16.3. The molecule has 3 heterocycles. The first-order valence-corrected chi connectivity index (χ1v) is 10.7. The van der Waals surface area contributed by atoms with Crippen LogP contribution < -0.4 is 0 Å². The SMILES string of the molecule is O=C(c1ccoc1)N1CCCC(C(=O)N2CCN(C/C=C/c3ccccc3)CC2)C1. The van der Waals surface area contributed by atoms with Crippen molar-refractivity contribution in [3.8, 4) is 0 Å². The van der Waals surface area contributed by atoms with E-state index in [1.165, 1.54) is 18.1 Å². The second-order valence-electron chi connectivity index (χ2n) is 8.04. The molecule has 2 amide bonds. The van der Waals surface area contributed by atoms with Gasteiger partial charge in [-0.3, -0.25) is 14.5 Å². The molecule has 6 heteroatoms. The van der Waals surface area contributed by atoms with Gasteiger partial charge in [0, 0.05) is 45.8 Å². The van der Waals surface area contributed by atoms with Crippen LogP contribution in [0.4, 0.5) is 0 Å². The Morgan fingerprint density at radius 1 is 1.00 bits per heavy atom. The molecule has 6 nitrogen and oxygen atoms in total. The van der Waals surface area contributed by atoms with Crippen molar-refractivity contribution in [3.63, 3.8) is 0 Å². The van der Waals surface area contributed by atoms with E-state index in [0.29, 0.717) is 18.7 Å². The van der Waals surface area contributed by atoms with Crippen LogP contribution >= 0.6 is 0 Å². The largest absolute Gasteiger partial charge is 0.472 e. The first-order valence-electron chi connectivity index (χ1n) is 10.7.